The van der Waals surface area contributed by atoms with Crippen LogP contribution in [-0.2, 0) is 14.3 Å². The van der Waals surface area contributed by atoms with E-state index in [-0.39, 0.29) is 11.8 Å². The molecule has 0 bridgehead atoms. The molecule has 7 nitrogen and oxygen atoms in total. The summed E-state index contributed by atoms with van der Waals surface area (Å²) in [4.78, 5) is 33.2. The minimum absolute atomic E-state index is 0.148. The van der Waals surface area contributed by atoms with E-state index in [4.69, 9.17) is 4.74 Å². The summed E-state index contributed by atoms with van der Waals surface area (Å²) in [6, 6.07) is 0.556. The van der Waals surface area contributed by atoms with Crippen LogP contribution in [0.1, 0.15) is 25.7 Å². The Balaban J connectivity index is 1.46. The molecule has 0 aliphatic carbocycles. The molecule has 0 aromatic carbocycles. The van der Waals surface area contributed by atoms with Crippen molar-refractivity contribution in [1.29, 1.82) is 0 Å². The second-order valence-electron chi connectivity index (χ2n) is 8.07. The molecule has 3 aliphatic rings. The molecule has 2 amide bonds. The minimum atomic E-state index is 0.148. The van der Waals surface area contributed by atoms with Crippen molar-refractivity contribution in [2.24, 2.45) is 5.92 Å². The Morgan fingerprint density at radius 1 is 1.00 bits per heavy atom. The summed E-state index contributed by atoms with van der Waals surface area (Å²) in [5, 5.41) is 0. The van der Waals surface area contributed by atoms with Crippen LogP contribution in [0.4, 0.5) is 0 Å². The Morgan fingerprint density at radius 3 is 2.35 bits per heavy atom. The minimum Gasteiger partial charge on any atom is -0.378 e. The van der Waals surface area contributed by atoms with E-state index < -0.39 is 0 Å². The van der Waals surface area contributed by atoms with E-state index in [0.717, 1.165) is 65.0 Å². The van der Waals surface area contributed by atoms with Crippen molar-refractivity contribution in [3.05, 3.63) is 0 Å². The molecule has 3 aliphatic heterocycles. The molecule has 0 saturated carbocycles. The topological polar surface area (TPSA) is 56.3 Å². The van der Waals surface area contributed by atoms with Crippen LogP contribution in [-0.4, -0.2) is 111 Å². The van der Waals surface area contributed by atoms with Crippen molar-refractivity contribution >= 4 is 11.8 Å². The van der Waals surface area contributed by atoms with Gasteiger partial charge in [0.1, 0.15) is 0 Å². The van der Waals surface area contributed by atoms with E-state index in [1.54, 1.807) is 4.90 Å². The van der Waals surface area contributed by atoms with Gasteiger partial charge in [0.15, 0.2) is 0 Å². The van der Waals surface area contributed by atoms with Gasteiger partial charge in [-0.1, -0.05) is 0 Å². The molecule has 0 aromatic heterocycles. The third kappa shape index (κ3) is 4.96. The van der Waals surface area contributed by atoms with E-state index in [0.29, 0.717) is 31.7 Å². The van der Waals surface area contributed by atoms with Gasteiger partial charge in [-0.25, -0.2) is 0 Å². The van der Waals surface area contributed by atoms with Crippen LogP contribution in [0.3, 0.4) is 0 Å². The molecule has 148 valence electrons. The number of likely N-dealkylation sites (tertiary alicyclic amines) is 2. The highest BCUT2D eigenvalue weighted by molar-refractivity contribution is 5.79. The number of likely N-dealkylation sites (N-methyl/N-ethyl adjacent to an activating group) is 1. The van der Waals surface area contributed by atoms with E-state index >= 15 is 0 Å². The van der Waals surface area contributed by atoms with Gasteiger partial charge in [-0.05, 0) is 32.2 Å². The zero-order valence-corrected chi connectivity index (χ0v) is 16.4. The predicted octanol–water partition coefficient (Wildman–Crippen LogP) is 0.110. The summed E-state index contributed by atoms with van der Waals surface area (Å²) >= 11 is 0. The van der Waals surface area contributed by atoms with Gasteiger partial charge in [-0.2, -0.15) is 0 Å². The standard InChI is InChI=1S/C19H34N4O3/c1-20(2)18(24)15-21-8-5-17(6-9-21)23-7-3-4-16(14-23)19(25)22-10-12-26-13-11-22/h16-17H,3-15H2,1-2H3/t16-/m0/s1. The Hall–Kier alpha value is -1.18. The second kappa shape index (κ2) is 9.15. The molecule has 0 unspecified atom stereocenters. The van der Waals surface area contributed by atoms with Crippen LogP contribution in [0.5, 0.6) is 0 Å². The van der Waals surface area contributed by atoms with Gasteiger partial charge in [0.25, 0.3) is 0 Å². The Bertz CT molecular complexity index is 485. The van der Waals surface area contributed by atoms with Crippen LogP contribution < -0.4 is 0 Å². The smallest absolute Gasteiger partial charge is 0.236 e. The Labute approximate surface area is 157 Å². The maximum Gasteiger partial charge on any atom is 0.236 e. The van der Waals surface area contributed by atoms with E-state index in [9.17, 15) is 9.59 Å². The fourth-order valence-electron chi connectivity index (χ4n) is 4.36. The molecular weight excluding hydrogens is 332 g/mol. The van der Waals surface area contributed by atoms with Crippen LogP contribution in [0.2, 0.25) is 0 Å². The summed E-state index contributed by atoms with van der Waals surface area (Å²) in [5.74, 6) is 0.653. The van der Waals surface area contributed by atoms with E-state index in [1.807, 2.05) is 19.0 Å². The fraction of sp³-hybridized carbons (Fsp3) is 0.895. The molecule has 1 atom stereocenters. The number of nitrogens with zero attached hydrogens (tertiary/aromatic N) is 4. The van der Waals surface area contributed by atoms with Gasteiger partial charge in [0.2, 0.25) is 11.8 Å². The fourth-order valence-corrected chi connectivity index (χ4v) is 4.36. The molecule has 0 radical (unpaired) electrons. The van der Waals surface area contributed by atoms with Crippen molar-refractivity contribution in [3.63, 3.8) is 0 Å². The molecule has 0 N–H and O–H groups in total. The zero-order chi connectivity index (χ0) is 18.5. The van der Waals surface area contributed by atoms with Crippen LogP contribution in [0, 0.1) is 5.92 Å². The lowest BCUT2D eigenvalue weighted by molar-refractivity contribution is -0.142. The monoisotopic (exact) mass is 366 g/mol. The average molecular weight is 367 g/mol. The number of carbonyl (C=O) groups excluding carboxylic acids is 2. The molecule has 26 heavy (non-hydrogen) atoms. The van der Waals surface area contributed by atoms with Crippen molar-refractivity contribution in [2.75, 3.05) is 73.1 Å². The highest BCUT2D eigenvalue weighted by atomic mass is 16.5. The normalized spacial score (nSPS) is 26.7. The molecule has 3 heterocycles. The number of morpholine rings is 1. The molecule has 0 aromatic rings. The van der Waals surface area contributed by atoms with Crippen molar-refractivity contribution in [3.8, 4) is 0 Å². The lowest BCUT2D eigenvalue weighted by Gasteiger charge is -2.43. The Morgan fingerprint density at radius 2 is 1.69 bits per heavy atom. The summed E-state index contributed by atoms with van der Waals surface area (Å²) in [5.41, 5.74) is 0. The maximum atomic E-state index is 12.8. The third-order valence-corrected chi connectivity index (χ3v) is 6.06. The van der Waals surface area contributed by atoms with Gasteiger partial charge < -0.3 is 14.5 Å². The predicted molar refractivity (Wildman–Crippen MR) is 99.9 cm³/mol. The second-order valence-corrected chi connectivity index (χ2v) is 8.07. The number of rotatable bonds is 4. The number of piperidine rings is 2. The number of amides is 2. The maximum absolute atomic E-state index is 12.8. The molecule has 0 spiro atoms. The molecule has 7 heteroatoms. The molecule has 3 rings (SSSR count). The highest BCUT2D eigenvalue weighted by Gasteiger charge is 2.34. The van der Waals surface area contributed by atoms with E-state index in [2.05, 4.69) is 9.80 Å². The number of hydrogen-bond donors (Lipinski definition) is 0. The molecule has 3 fully saturated rings. The zero-order valence-electron chi connectivity index (χ0n) is 16.4. The SMILES string of the molecule is CN(C)C(=O)CN1CCC(N2CCC[C@H](C(=O)N3CCOCC3)C2)CC1. The lowest BCUT2D eigenvalue weighted by atomic mass is 9.92. The number of hydrogen-bond acceptors (Lipinski definition) is 5. The van der Waals surface area contributed by atoms with Crippen molar-refractivity contribution in [2.45, 2.75) is 31.7 Å². The Kier molecular flexibility index (Phi) is 6.89. The van der Waals surface area contributed by atoms with Gasteiger partial charge >= 0.3 is 0 Å². The summed E-state index contributed by atoms with van der Waals surface area (Å²) in [6.45, 7) is 7.31. The van der Waals surface area contributed by atoms with Crippen LogP contribution >= 0.6 is 0 Å². The van der Waals surface area contributed by atoms with Gasteiger partial charge in [-0.3, -0.25) is 19.4 Å². The summed E-state index contributed by atoms with van der Waals surface area (Å²) < 4.78 is 5.37. The third-order valence-electron chi connectivity index (χ3n) is 6.06. The number of ether oxygens (including phenoxy) is 1. The molecular formula is C19H34N4O3. The van der Waals surface area contributed by atoms with Crippen LogP contribution in [0.15, 0.2) is 0 Å². The first kappa shape index (κ1) is 19.6. The first-order chi connectivity index (χ1) is 12.5. The van der Waals surface area contributed by atoms with Gasteiger partial charge in [0, 0.05) is 52.9 Å². The van der Waals surface area contributed by atoms with Crippen molar-refractivity contribution in [1.82, 2.24) is 19.6 Å². The first-order valence-corrected chi connectivity index (χ1v) is 10.1. The number of carbonyl (C=O) groups is 2. The quantitative estimate of drug-likeness (QED) is 0.707. The van der Waals surface area contributed by atoms with Gasteiger partial charge in [-0.15, -0.1) is 0 Å². The summed E-state index contributed by atoms with van der Waals surface area (Å²) in [7, 11) is 3.63. The van der Waals surface area contributed by atoms with E-state index in [1.165, 1.54) is 0 Å². The van der Waals surface area contributed by atoms with Gasteiger partial charge in [0.05, 0.1) is 25.7 Å². The highest BCUT2D eigenvalue weighted by Crippen LogP contribution is 2.25. The van der Waals surface area contributed by atoms with Crippen LogP contribution in [0.25, 0.3) is 0 Å². The lowest BCUT2D eigenvalue weighted by Crippen LogP contribution is -2.53. The average Bonchev–Trinajstić information content (AvgIpc) is 2.68. The summed E-state index contributed by atoms with van der Waals surface area (Å²) in [6.07, 6.45) is 4.32. The first-order valence-electron chi connectivity index (χ1n) is 10.1. The molecule has 3 saturated heterocycles. The van der Waals surface area contributed by atoms with Crippen molar-refractivity contribution < 1.29 is 14.3 Å². The largest absolute Gasteiger partial charge is 0.378 e.